The molecule has 0 aromatic heterocycles. The number of fused-ring (bicyclic) bond motifs is 2. The van der Waals surface area contributed by atoms with Gasteiger partial charge < -0.3 is 15.2 Å². The van der Waals surface area contributed by atoms with E-state index in [9.17, 15) is 15.6 Å². The Bertz CT molecular complexity index is 1090. The van der Waals surface area contributed by atoms with Crippen LogP contribution in [0.3, 0.4) is 0 Å². The van der Waals surface area contributed by atoms with Crippen molar-refractivity contribution in [1.82, 2.24) is 5.32 Å². The van der Waals surface area contributed by atoms with E-state index in [4.69, 9.17) is 4.74 Å². The van der Waals surface area contributed by atoms with E-state index in [1.807, 2.05) is 12.3 Å². The molecule has 0 saturated heterocycles. The molecule has 0 radical (unpaired) electrons. The Morgan fingerprint density at radius 2 is 1.97 bits per heavy atom. The number of aliphatic hydroxyl groups is 1. The maximum absolute atomic E-state index is 11.0. The van der Waals surface area contributed by atoms with Gasteiger partial charge >= 0.3 is 0 Å². The van der Waals surface area contributed by atoms with Crippen LogP contribution in [0.15, 0.2) is 41.4 Å². The Kier molecular flexibility index (Phi) is 5.07. The number of aliphatic hydroxyl groups excluding tert-OH is 1. The summed E-state index contributed by atoms with van der Waals surface area (Å²) in [5.74, 6) is 0.789. The van der Waals surface area contributed by atoms with Gasteiger partial charge in [0, 0.05) is 11.3 Å². The predicted octanol–water partition coefficient (Wildman–Crippen LogP) is 3.16. The van der Waals surface area contributed by atoms with E-state index in [2.05, 4.69) is 33.8 Å². The molecule has 0 bridgehead atoms. The number of guanidine groups is 1. The minimum Gasteiger partial charge on any atom is -0.485 e. The number of rotatable bonds is 2. The average molecular weight is 401 g/mol. The monoisotopic (exact) mass is 401 g/mol. The summed E-state index contributed by atoms with van der Waals surface area (Å²) in [5, 5.41) is 35.2. The van der Waals surface area contributed by atoms with Crippen LogP contribution in [0.2, 0.25) is 0 Å². The van der Waals surface area contributed by atoms with E-state index in [-0.39, 0.29) is 5.96 Å². The third kappa shape index (κ3) is 3.68. The summed E-state index contributed by atoms with van der Waals surface area (Å²) in [6.45, 7) is 3.57. The first-order chi connectivity index (χ1) is 14.4. The van der Waals surface area contributed by atoms with Crippen LogP contribution in [0.25, 0.3) is 0 Å². The first kappa shape index (κ1) is 19.8. The predicted molar refractivity (Wildman–Crippen MR) is 113 cm³/mol. The molecule has 2 atom stereocenters. The second kappa shape index (κ2) is 7.70. The van der Waals surface area contributed by atoms with Crippen molar-refractivity contribution in [3.63, 3.8) is 0 Å². The van der Waals surface area contributed by atoms with Crippen LogP contribution in [0, 0.1) is 22.8 Å². The first-order valence-electron chi connectivity index (χ1n) is 9.94. The number of aryl methyl sites for hydroxylation is 2. The van der Waals surface area contributed by atoms with E-state index >= 15 is 0 Å². The number of nitrogens with zero attached hydrogens (tertiary/aromatic N) is 3. The van der Waals surface area contributed by atoms with Crippen molar-refractivity contribution in [2.45, 2.75) is 50.9 Å². The number of benzene rings is 2. The van der Waals surface area contributed by atoms with Crippen LogP contribution >= 0.6 is 0 Å². The van der Waals surface area contributed by atoms with Gasteiger partial charge in [-0.3, -0.25) is 5.32 Å². The van der Waals surface area contributed by atoms with Crippen molar-refractivity contribution in [2.75, 3.05) is 5.32 Å². The highest BCUT2D eigenvalue weighted by Crippen LogP contribution is 2.42. The molecule has 0 amide bonds. The zero-order valence-corrected chi connectivity index (χ0v) is 16.9. The van der Waals surface area contributed by atoms with E-state index in [0.29, 0.717) is 16.9 Å². The Hall–Kier alpha value is -3.55. The Labute approximate surface area is 175 Å². The molecular formula is C23H23N5O2. The van der Waals surface area contributed by atoms with Crippen molar-refractivity contribution >= 4 is 11.6 Å². The van der Waals surface area contributed by atoms with Gasteiger partial charge in [-0.05, 0) is 74.6 Å². The topological polar surface area (TPSA) is 113 Å². The van der Waals surface area contributed by atoms with E-state index in [0.717, 1.165) is 24.9 Å². The summed E-state index contributed by atoms with van der Waals surface area (Å²) in [7, 11) is 0. The Balaban J connectivity index is 1.72. The zero-order valence-electron chi connectivity index (χ0n) is 16.9. The molecule has 0 spiro atoms. The molecule has 1 heterocycles. The van der Waals surface area contributed by atoms with Gasteiger partial charge in [-0.25, -0.2) is 4.99 Å². The SMILES string of the molecule is CC1(C)Oc2ccc(C#N)cc2[C@@H](N=C(NC#N)Nc2ccc3c(c2)CCC3)[C@@H]1O. The van der Waals surface area contributed by atoms with Gasteiger partial charge in [-0.1, -0.05) is 6.07 Å². The van der Waals surface area contributed by atoms with Gasteiger partial charge in [-0.2, -0.15) is 10.5 Å². The minimum absolute atomic E-state index is 0.227. The standard InChI is InChI=1S/C23H23N5O2/c1-23(2)21(29)20(18-10-14(12-24)6-9-19(18)30-23)28-22(26-13-25)27-17-8-7-15-4-3-5-16(15)11-17/h6-11,20-21,29H,3-5H2,1-2H3,(H2,26,27,28)/t20-,21+/m1/s1. The zero-order chi connectivity index (χ0) is 21.3. The van der Waals surface area contributed by atoms with Crippen molar-refractivity contribution in [2.24, 2.45) is 4.99 Å². The van der Waals surface area contributed by atoms with Crippen molar-refractivity contribution in [1.29, 1.82) is 10.5 Å². The van der Waals surface area contributed by atoms with Crippen LogP contribution in [0.1, 0.15) is 48.6 Å². The number of hydrogen-bond acceptors (Lipinski definition) is 5. The second-order valence-corrected chi connectivity index (χ2v) is 8.14. The minimum atomic E-state index is -0.976. The quantitative estimate of drug-likeness (QED) is 0.308. The largest absolute Gasteiger partial charge is 0.485 e. The summed E-state index contributed by atoms with van der Waals surface area (Å²) in [6.07, 6.45) is 4.21. The number of nitriles is 2. The molecule has 7 heteroatoms. The molecule has 1 aliphatic carbocycles. The lowest BCUT2D eigenvalue weighted by atomic mass is 9.86. The fourth-order valence-electron chi connectivity index (χ4n) is 4.05. The summed E-state index contributed by atoms with van der Waals surface area (Å²) < 4.78 is 5.94. The molecule has 7 nitrogen and oxygen atoms in total. The molecular weight excluding hydrogens is 378 g/mol. The normalized spacial score (nSPS) is 21.4. The van der Waals surface area contributed by atoms with Gasteiger partial charge in [0.2, 0.25) is 5.96 Å². The fourth-order valence-corrected chi connectivity index (χ4v) is 4.05. The van der Waals surface area contributed by atoms with Gasteiger partial charge in [0.25, 0.3) is 0 Å². The summed E-state index contributed by atoms with van der Waals surface area (Å²) in [4.78, 5) is 4.64. The molecule has 1 aliphatic heterocycles. The van der Waals surface area contributed by atoms with Crippen LogP contribution in [-0.2, 0) is 12.8 Å². The van der Waals surface area contributed by atoms with Crippen LogP contribution < -0.4 is 15.4 Å². The number of ether oxygens (including phenoxy) is 1. The third-order valence-electron chi connectivity index (χ3n) is 5.65. The highest BCUT2D eigenvalue weighted by atomic mass is 16.5. The van der Waals surface area contributed by atoms with Crippen molar-refractivity contribution < 1.29 is 9.84 Å². The second-order valence-electron chi connectivity index (χ2n) is 8.14. The number of aliphatic imine (C=N–C) groups is 1. The first-order valence-corrected chi connectivity index (χ1v) is 9.94. The molecule has 30 heavy (non-hydrogen) atoms. The number of anilines is 1. The molecule has 2 aliphatic rings. The average Bonchev–Trinajstić information content (AvgIpc) is 3.19. The van der Waals surface area contributed by atoms with Crippen molar-refractivity contribution in [3.05, 3.63) is 58.7 Å². The van der Waals surface area contributed by atoms with Gasteiger partial charge in [-0.15, -0.1) is 0 Å². The molecule has 0 unspecified atom stereocenters. The number of hydrogen-bond donors (Lipinski definition) is 3. The fraction of sp³-hybridized carbons (Fsp3) is 0.348. The molecule has 0 fully saturated rings. The maximum atomic E-state index is 11.0. The summed E-state index contributed by atoms with van der Waals surface area (Å²) >= 11 is 0. The smallest absolute Gasteiger partial charge is 0.209 e. The molecule has 2 aromatic rings. The highest BCUT2D eigenvalue weighted by molar-refractivity contribution is 5.95. The van der Waals surface area contributed by atoms with E-state index in [1.165, 1.54) is 11.1 Å². The lowest BCUT2D eigenvalue weighted by Gasteiger charge is -2.40. The van der Waals surface area contributed by atoms with Gasteiger partial charge in [0.15, 0.2) is 6.19 Å². The van der Waals surface area contributed by atoms with E-state index < -0.39 is 17.7 Å². The van der Waals surface area contributed by atoms with Crippen molar-refractivity contribution in [3.8, 4) is 18.0 Å². The highest BCUT2D eigenvalue weighted by Gasteiger charge is 2.43. The molecule has 4 rings (SSSR count). The summed E-state index contributed by atoms with van der Waals surface area (Å²) in [6, 6.07) is 12.6. The molecule has 2 aromatic carbocycles. The van der Waals surface area contributed by atoms with Crippen LogP contribution in [-0.4, -0.2) is 22.8 Å². The maximum Gasteiger partial charge on any atom is 0.209 e. The van der Waals surface area contributed by atoms with Crippen LogP contribution in [0.4, 0.5) is 5.69 Å². The molecule has 3 N–H and O–H groups in total. The summed E-state index contributed by atoms with van der Waals surface area (Å²) in [5.41, 5.74) is 3.64. The Morgan fingerprint density at radius 1 is 1.17 bits per heavy atom. The van der Waals surface area contributed by atoms with E-state index in [1.54, 1.807) is 32.0 Å². The van der Waals surface area contributed by atoms with Gasteiger partial charge in [0.1, 0.15) is 23.5 Å². The van der Waals surface area contributed by atoms with Gasteiger partial charge in [0.05, 0.1) is 11.6 Å². The number of nitrogens with one attached hydrogen (secondary N) is 2. The Morgan fingerprint density at radius 3 is 2.73 bits per heavy atom. The lowest BCUT2D eigenvalue weighted by molar-refractivity contribution is -0.0567. The molecule has 152 valence electrons. The molecule has 0 saturated carbocycles. The lowest BCUT2D eigenvalue weighted by Crippen LogP contribution is -2.49. The van der Waals surface area contributed by atoms with Crippen LogP contribution in [0.5, 0.6) is 5.75 Å². The third-order valence-corrected chi connectivity index (χ3v) is 5.65.